The van der Waals surface area contributed by atoms with Crippen LogP contribution in [0.4, 0.5) is 5.82 Å². The van der Waals surface area contributed by atoms with Crippen LogP contribution in [0.5, 0.6) is 5.75 Å². The number of nitrogens with two attached hydrogens (primary N) is 1. The van der Waals surface area contributed by atoms with E-state index >= 15 is 0 Å². The van der Waals surface area contributed by atoms with Crippen LogP contribution in [0.1, 0.15) is 32.3 Å². The Morgan fingerprint density at radius 2 is 2.08 bits per heavy atom. The smallest absolute Gasteiger partial charge is 0.380 e. The number of ether oxygens (including phenoxy) is 2. The lowest BCUT2D eigenvalue weighted by molar-refractivity contribution is -0.146. The molecule has 36 heavy (non-hydrogen) atoms. The minimum absolute atomic E-state index is 0.199. The number of aryl methyl sites for hydroxylation is 1. The maximum Gasteiger partial charge on any atom is 0.380 e. The molecule has 194 valence electrons. The van der Waals surface area contributed by atoms with E-state index in [0.717, 1.165) is 0 Å². The van der Waals surface area contributed by atoms with E-state index in [2.05, 4.69) is 15.0 Å². The number of aliphatic hydroxyl groups is 1. The van der Waals surface area contributed by atoms with Crippen LogP contribution < -0.4 is 10.3 Å². The first-order valence-electron chi connectivity index (χ1n) is 11.6. The van der Waals surface area contributed by atoms with Crippen LogP contribution >= 0.6 is 7.60 Å². The van der Waals surface area contributed by atoms with Crippen molar-refractivity contribution in [2.24, 2.45) is 5.92 Å². The van der Waals surface area contributed by atoms with Gasteiger partial charge in [-0.05, 0) is 26.0 Å². The van der Waals surface area contributed by atoms with E-state index in [-0.39, 0.29) is 31.6 Å². The highest BCUT2D eigenvalue weighted by Crippen LogP contribution is 2.53. The molecule has 1 aliphatic rings. The fourth-order valence-electron chi connectivity index (χ4n) is 4.05. The third kappa shape index (κ3) is 5.67. The number of aliphatic hydroxyl groups excluding tert-OH is 1. The summed E-state index contributed by atoms with van der Waals surface area (Å²) in [5.41, 5.74) is 6.88. The fraction of sp³-hybridized carbons (Fsp3) is 0.478. The van der Waals surface area contributed by atoms with Crippen LogP contribution in [0.3, 0.4) is 0 Å². The first-order chi connectivity index (χ1) is 17.2. The van der Waals surface area contributed by atoms with E-state index in [4.69, 9.17) is 24.3 Å². The van der Waals surface area contributed by atoms with Crippen molar-refractivity contribution in [1.82, 2.24) is 19.5 Å². The quantitative estimate of drug-likeness (QED) is 0.299. The molecule has 3 aromatic rings. The molecule has 1 unspecified atom stereocenters. The molecular formula is C23H30N5O7P. The van der Waals surface area contributed by atoms with Crippen LogP contribution in [0.15, 0.2) is 36.7 Å². The number of hydrogen-bond donors (Lipinski definition) is 2. The van der Waals surface area contributed by atoms with Gasteiger partial charge in [0.25, 0.3) is 0 Å². The zero-order valence-corrected chi connectivity index (χ0v) is 21.2. The summed E-state index contributed by atoms with van der Waals surface area (Å²) < 4.78 is 38.6. The maximum atomic E-state index is 14.0. The number of carbonyl (C=O) groups excluding carboxylic acids is 1. The number of nitrogens with zero attached hydrogens (tertiary/aromatic N) is 4. The minimum Gasteiger partial charge on any atom is -0.466 e. The van der Waals surface area contributed by atoms with Gasteiger partial charge in [0, 0.05) is 6.42 Å². The Hall–Kier alpha value is -3.05. The molecule has 3 N–H and O–H groups in total. The Labute approximate surface area is 208 Å². The summed E-state index contributed by atoms with van der Waals surface area (Å²) in [4.78, 5) is 25.1. The molecule has 1 fully saturated rings. The van der Waals surface area contributed by atoms with Gasteiger partial charge in [-0.3, -0.25) is 13.9 Å². The van der Waals surface area contributed by atoms with Gasteiger partial charge in [0.05, 0.1) is 31.6 Å². The van der Waals surface area contributed by atoms with Crippen LogP contribution in [0.2, 0.25) is 0 Å². The number of hydrogen-bond acceptors (Lipinski definition) is 11. The molecule has 3 heterocycles. The molecule has 0 saturated carbocycles. The molecular weight excluding hydrogens is 489 g/mol. The van der Waals surface area contributed by atoms with E-state index in [9.17, 15) is 14.5 Å². The van der Waals surface area contributed by atoms with Crippen molar-refractivity contribution in [3.63, 3.8) is 0 Å². The van der Waals surface area contributed by atoms with Gasteiger partial charge in [0.1, 0.15) is 35.5 Å². The van der Waals surface area contributed by atoms with E-state index in [1.54, 1.807) is 55.7 Å². The number of rotatable bonds is 10. The van der Waals surface area contributed by atoms with Gasteiger partial charge in [-0.1, -0.05) is 25.1 Å². The number of aromatic nitrogens is 4. The molecule has 13 heteroatoms. The molecule has 0 spiro atoms. The monoisotopic (exact) mass is 519 g/mol. The number of esters is 1. The summed E-state index contributed by atoms with van der Waals surface area (Å²) >= 11 is 0. The molecule has 0 bridgehead atoms. The third-order valence-electron chi connectivity index (χ3n) is 5.70. The molecule has 5 atom stereocenters. The Bertz CT molecular complexity index is 1250. The Morgan fingerprint density at radius 1 is 1.33 bits per heavy atom. The van der Waals surface area contributed by atoms with Crippen LogP contribution in [-0.4, -0.2) is 62.2 Å². The third-order valence-corrected chi connectivity index (χ3v) is 7.78. The SMILES string of the molecule is CCOC(=O)[C@H](C)CP(=O)(Oc1ccccc1)O[C@@H]1C[C@H](n2cnc3c(N)nc(C)nc32)O[C@@H]1CO. The van der Waals surface area contributed by atoms with Gasteiger partial charge in [-0.2, -0.15) is 0 Å². The summed E-state index contributed by atoms with van der Waals surface area (Å²) in [6, 6.07) is 8.56. The number of carbonyl (C=O) groups is 1. The van der Waals surface area contributed by atoms with Gasteiger partial charge in [0.15, 0.2) is 11.5 Å². The van der Waals surface area contributed by atoms with Crippen molar-refractivity contribution in [3.8, 4) is 5.75 Å². The number of benzene rings is 1. The molecule has 0 radical (unpaired) electrons. The predicted octanol–water partition coefficient (Wildman–Crippen LogP) is 2.85. The van der Waals surface area contributed by atoms with Crippen molar-refractivity contribution in [3.05, 3.63) is 42.5 Å². The summed E-state index contributed by atoms with van der Waals surface area (Å²) in [5, 5.41) is 10.00. The van der Waals surface area contributed by atoms with Crippen molar-refractivity contribution >= 4 is 30.5 Å². The van der Waals surface area contributed by atoms with E-state index in [0.29, 0.717) is 22.7 Å². The van der Waals surface area contributed by atoms with E-state index in [1.165, 1.54) is 6.33 Å². The van der Waals surface area contributed by atoms with E-state index < -0.39 is 37.9 Å². The number of nitrogen functional groups attached to an aromatic ring is 1. The van der Waals surface area contributed by atoms with Crippen molar-refractivity contribution < 1.29 is 33.0 Å². The number of para-hydroxylation sites is 1. The van der Waals surface area contributed by atoms with Crippen molar-refractivity contribution in [1.29, 1.82) is 0 Å². The summed E-state index contributed by atoms with van der Waals surface area (Å²) in [7, 11) is -3.90. The zero-order chi connectivity index (χ0) is 25.9. The largest absolute Gasteiger partial charge is 0.466 e. The van der Waals surface area contributed by atoms with Crippen LogP contribution in [0, 0.1) is 12.8 Å². The first-order valence-corrected chi connectivity index (χ1v) is 13.4. The average Bonchev–Trinajstić information content (AvgIpc) is 3.43. The average molecular weight is 519 g/mol. The predicted molar refractivity (Wildman–Crippen MR) is 130 cm³/mol. The molecule has 2 aromatic heterocycles. The van der Waals surface area contributed by atoms with Crippen molar-refractivity contribution in [2.75, 3.05) is 25.1 Å². The second-order valence-electron chi connectivity index (χ2n) is 8.52. The molecule has 1 aliphatic heterocycles. The highest BCUT2D eigenvalue weighted by Gasteiger charge is 2.44. The van der Waals surface area contributed by atoms with Gasteiger partial charge in [-0.15, -0.1) is 0 Å². The second-order valence-corrected chi connectivity index (χ2v) is 10.5. The molecule has 0 amide bonds. The Balaban J connectivity index is 1.59. The van der Waals surface area contributed by atoms with Gasteiger partial charge >= 0.3 is 13.6 Å². The van der Waals surface area contributed by atoms with Gasteiger partial charge in [-0.25, -0.2) is 19.5 Å². The Kier molecular flexibility index (Phi) is 7.89. The van der Waals surface area contributed by atoms with Gasteiger partial charge < -0.3 is 24.8 Å². The van der Waals surface area contributed by atoms with Crippen molar-refractivity contribution in [2.45, 2.75) is 45.6 Å². The number of anilines is 1. The number of imidazole rings is 1. The Morgan fingerprint density at radius 3 is 2.78 bits per heavy atom. The molecule has 1 aromatic carbocycles. The van der Waals surface area contributed by atoms with Crippen LogP contribution in [0.25, 0.3) is 11.2 Å². The molecule has 1 saturated heterocycles. The summed E-state index contributed by atoms with van der Waals surface area (Å²) in [5.74, 6) is -0.203. The normalized spacial score (nSPS) is 22.3. The fourth-order valence-corrected chi connectivity index (χ4v) is 6.15. The standard InChI is InChI=1S/C23H30N5O7P/c1-4-32-23(30)14(2)12-36(31,34-16-8-6-5-7-9-16)35-17-10-19(33-18(17)11-29)28-13-25-20-21(24)26-15(3)27-22(20)28/h5-9,13-14,17-19,29H,4,10-12H2,1-3H3,(H2,24,26,27)/t14-,17-,18-,19-,36?/m1/s1. The highest BCUT2D eigenvalue weighted by atomic mass is 31.2. The lowest BCUT2D eigenvalue weighted by atomic mass is 10.2. The molecule has 4 rings (SSSR count). The lowest BCUT2D eigenvalue weighted by Crippen LogP contribution is -2.29. The topological polar surface area (TPSA) is 161 Å². The van der Waals surface area contributed by atoms with Crippen LogP contribution in [-0.2, 0) is 23.4 Å². The first kappa shape index (κ1) is 26.0. The summed E-state index contributed by atoms with van der Waals surface area (Å²) in [6.07, 6.45) is -0.704. The highest BCUT2D eigenvalue weighted by molar-refractivity contribution is 7.54. The summed E-state index contributed by atoms with van der Waals surface area (Å²) in [6.45, 7) is 4.83. The van der Waals surface area contributed by atoms with E-state index in [1.807, 2.05) is 0 Å². The lowest BCUT2D eigenvalue weighted by Gasteiger charge is -2.26. The zero-order valence-electron chi connectivity index (χ0n) is 20.3. The second kappa shape index (κ2) is 10.9. The maximum absolute atomic E-state index is 14.0. The minimum atomic E-state index is -3.90. The molecule has 12 nitrogen and oxygen atoms in total. The van der Waals surface area contributed by atoms with Gasteiger partial charge in [0.2, 0.25) is 0 Å². The number of fused-ring (bicyclic) bond motifs is 1. The molecule has 0 aliphatic carbocycles.